The molecule has 1 amide bonds. The third kappa shape index (κ3) is 6.20. The molecule has 0 aliphatic heterocycles. The second-order valence-corrected chi connectivity index (χ2v) is 5.64. The molecule has 7 heteroatoms. The lowest BCUT2D eigenvalue weighted by Gasteiger charge is -2.13. The van der Waals surface area contributed by atoms with Crippen molar-refractivity contribution in [3.63, 3.8) is 0 Å². The standard InChI is InChI=1S/C17H23ClN2O4/c1-5-14(17(22)23-6-2)12(4)19-20-16(21)10-24-15-8-7-13(18)9-11(15)3/h7-9,14H,5-6,10H2,1-4H3,(H,20,21). The summed E-state index contributed by atoms with van der Waals surface area (Å²) in [5.41, 5.74) is 3.71. The van der Waals surface area contributed by atoms with Crippen LogP contribution in [0.5, 0.6) is 5.75 Å². The number of nitrogens with one attached hydrogen (secondary N) is 1. The Morgan fingerprint density at radius 1 is 1.33 bits per heavy atom. The molecule has 0 radical (unpaired) electrons. The Labute approximate surface area is 147 Å². The van der Waals surface area contributed by atoms with Gasteiger partial charge in [0.1, 0.15) is 5.75 Å². The van der Waals surface area contributed by atoms with Crippen molar-refractivity contribution in [2.75, 3.05) is 13.2 Å². The van der Waals surface area contributed by atoms with Crippen molar-refractivity contribution in [1.29, 1.82) is 0 Å². The second kappa shape index (κ2) is 9.93. The number of rotatable bonds is 8. The van der Waals surface area contributed by atoms with Gasteiger partial charge < -0.3 is 9.47 Å². The Hall–Kier alpha value is -2.08. The van der Waals surface area contributed by atoms with Gasteiger partial charge in [-0.2, -0.15) is 5.10 Å². The molecule has 6 nitrogen and oxygen atoms in total. The maximum absolute atomic E-state index is 11.8. The fourth-order valence-corrected chi connectivity index (χ4v) is 2.28. The van der Waals surface area contributed by atoms with Gasteiger partial charge in [-0.05, 0) is 51.0 Å². The van der Waals surface area contributed by atoms with E-state index in [2.05, 4.69) is 10.5 Å². The molecule has 0 aliphatic carbocycles. The van der Waals surface area contributed by atoms with E-state index < -0.39 is 11.8 Å². The number of carbonyl (C=O) groups is 2. The summed E-state index contributed by atoms with van der Waals surface area (Å²) in [5.74, 6) is -0.649. The number of halogens is 1. The van der Waals surface area contributed by atoms with Crippen LogP contribution in [0, 0.1) is 12.8 Å². The van der Waals surface area contributed by atoms with Gasteiger partial charge in [-0.1, -0.05) is 18.5 Å². The maximum Gasteiger partial charge on any atom is 0.314 e. The van der Waals surface area contributed by atoms with Crippen molar-refractivity contribution in [2.45, 2.75) is 34.1 Å². The quantitative estimate of drug-likeness (QED) is 0.442. The molecule has 0 fully saturated rings. The summed E-state index contributed by atoms with van der Waals surface area (Å²) in [6, 6.07) is 5.14. The first-order chi connectivity index (χ1) is 11.4. The summed E-state index contributed by atoms with van der Waals surface area (Å²) in [6.07, 6.45) is 0.546. The molecule has 0 heterocycles. The van der Waals surface area contributed by atoms with Crippen molar-refractivity contribution in [3.8, 4) is 5.75 Å². The summed E-state index contributed by atoms with van der Waals surface area (Å²) in [5, 5.41) is 4.57. The monoisotopic (exact) mass is 354 g/mol. The number of amides is 1. The van der Waals surface area contributed by atoms with E-state index in [1.54, 1.807) is 32.0 Å². The molecule has 0 saturated heterocycles. The lowest BCUT2D eigenvalue weighted by molar-refractivity contribution is -0.145. The molecule has 1 aromatic rings. The summed E-state index contributed by atoms with van der Waals surface area (Å²) < 4.78 is 10.4. The molecule has 24 heavy (non-hydrogen) atoms. The van der Waals surface area contributed by atoms with Gasteiger partial charge in [0.2, 0.25) is 0 Å². The van der Waals surface area contributed by atoms with Crippen LogP contribution in [-0.4, -0.2) is 30.8 Å². The molecule has 1 aromatic carbocycles. The van der Waals surface area contributed by atoms with Crippen LogP contribution in [-0.2, 0) is 14.3 Å². The average Bonchev–Trinajstić information content (AvgIpc) is 2.53. The van der Waals surface area contributed by atoms with Gasteiger partial charge >= 0.3 is 5.97 Å². The van der Waals surface area contributed by atoms with Gasteiger partial charge in [0, 0.05) is 10.7 Å². The summed E-state index contributed by atoms with van der Waals surface area (Å²) in [7, 11) is 0. The lowest BCUT2D eigenvalue weighted by atomic mass is 10.0. The van der Waals surface area contributed by atoms with E-state index in [9.17, 15) is 9.59 Å². The lowest BCUT2D eigenvalue weighted by Crippen LogP contribution is -2.29. The first-order valence-electron chi connectivity index (χ1n) is 7.77. The Bertz CT molecular complexity index is 617. The van der Waals surface area contributed by atoms with Gasteiger partial charge in [0.25, 0.3) is 5.91 Å². The van der Waals surface area contributed by atoms with Gasteiger partial charge in [-0.3, -0.25) is 9.59 Å². The molecule has 0 bridgehead atoms. The topological polar surface area (TPSA) is 77.0 Å². The van der Waals surface area contributed by atoms with E-state index in [1.807, 2.05) is 13.8 Å². The SMILES string of the molecule is CCOC(=O)C(CC)C(C)=NNC(=O)COc1ccc(Cl)cc1C. The highest BCUT2D eigenvalue weighted by Crippen LogP contribution is 2.21. The highest BCUT2D eigenvalue weighted by atomic mass is 35.5. The van der Waals surface area contributed by atoms with Crippen molar-refractivity contribution in [2.24, 2.45) is 11.0 Å². The van der Waals surface area contributed by atoms with Crippen LogP contribution in [0.15, 0.2) is 23.3 Å². The predicted molar refractivity (Wildman–Crippen MR) is 93.3 cm³/mol. The van der Waals surface area contributed by atoms with E-state index in [4.69, 9.17) is 21.1 Å². The summed E-state index contributed by atoms with van der Waals surface area (Å²) in [4.78, 5) is 23.6. The van der Waals surface area contributed by atoms with E-state index >= 15 is 0 Å². The minimum Gasteiger partial charge on any atom is -0.483 e. The molecule has 0 aromatic heterocycles. The van der Waals surface area contributed by atoms with Crippen LogP contribution in [0.3, 0.4) is 0 Å². The fraction of sp³-hybridized carbons (Fsp3) is 0.471. The molecule has 1 unspecified atom stereocenters. The molecule has 0 saturated carbocycles. The average molecular weight is 355 g/mol. The molecular weight excluding hydrogens is 332 g/mol. The Balaban J connectivity index is 2.56. The maximum atomic E-state index is 11.8. The zero-order valence-corrected chi connectivity index (χ0v) is 15.1. The fourth-order valence-electron chi connectivity index (χ4n) is 2.05. The zero-order chi connectivity index (χ0) is 18.1. The van der Waals surface area contributed by atoms with Crippen LogP contribution in [0.2, 0.25) is 5.02 Å². The number of esters is 1. The third-order valence-electron chi connectivity index (χ3n) is 3.34. The first-order valence-corrected chi connectivity index (χ1v) is 8.15. The van der Waals surface area contributed by atoms with Gasteiger partial charge in [0.15, 0.2) is 6.61 Å². The highest BCUT2D eigenvalue weighted by molar-refractivity contribution is 6.30. The van der Waals surface area contributed by atoms with Gasteiger partial charge in [0.05, 0.1) is 12.5 Å². The summed E-state index contributed by atoms with van der Waals surface area (Å²) >= 11 is 5.87. The highest BCUT2D eigenvalue weighted by Gasteiger charge is 2.21. The number of hydrazone groups is 1. The van der Waals surface area contributed by atoms with Crippen molar-refractivity contribution < 1.29 is 19.1 Å². The van der Waals surface area contributed by atoms with E-state index in [1.165, 1.54) is 0 Å². The number of aryl methyl sites for hydroxylation is 1. The first kappa shape index (κ1) is 20.0. The molecule has 1 rings (SSSR count). The van der Waals surface area contributed by atoms with E-state index in [0.29, 0.717) is 29.5 Å². The minimum atomic E-state index is -0.468. The van der Waals surface area contributed by atoms with Crippen LogP contribution in [0.25, 0.3) is 0 Å². The Kier molecular flexibility index (Phi) is 8.26. The number of hydrogen-bond acceptors (Lipinski definition) is 5. The van der Waals surface area contributed by atoms with E-state index in [0.717, 1.165) is 5.56 Å². The molecule has 132 valence electrons. The second-order valence-electron chi connectivity index (χ2n) is 5.20. The Morgan fingerprint density at radius 3 is 2.62 bits per heavy atom. The normalized spacial score (nSPS) is 12.5. The van der Waals surface area contributed by atoms with Gasteiger partial charge in [-0.15, -0.1) is 0 Å². The van der Waals surface area contributed by atoms with Crippen LogP contribution >= 0.6 is 11.6 Å². The Morgan fingerprint density at radius 2 is 2.04 bits per heavy atom. The van der Waals surface area contributed by atoms with Crippen LogP contribution in [0.1, 0.15) is 32.8 Å². The van der Waals surface area contributed by atoms with Crippen LogP contribution < -0.4 is 10.2 Å². The van der Waals surface area contributed by atoms with E-state index in [-0.39, 0.29) is 12.6 Å². The summed E-state index contributed by atoms with van der Waals surface area (Å²) in [6.45, 7) is 7.24. The van der Waals surface area contributed by atoms with Crippen molar-refractivity contribution in [3.05, 3.63) is 28.8 Å². The minimum absolute atomic E-state index is 0.185. The third-order valence-corrected chi connectivity index (χ3v) is 3.57. The number of ether oxygens (including phenoxy) is 2. The zero-order valence-electron chi connectivity index (χ0n) is 14.4. The largest absolute Gasteiger partial charge is 0.483 e. The number of carbonyl (C=O) groups excluding carboxylic acids is 2. The molecule has 1 N–H and O–H groups in total. The molecule has 0 aliphatic rings. The number of hydrogen-bond donors (Lipinski definition) is 1. The van der Waals surface area contributed by atoms with Crippen molar-refractivity contribution >= 4 is 29.2 Å². The van der Waals surface area contributed by atoms with Crippen molar-refractivity contribution in [1.82, 2.24) is 5.43 Å². The van der Waals surface area contributed by atoms with Gasteiger partial charge in [-0.25, -0.2) is 5.43 Å². The smallest absolute Gasteiger partial charge is 0.314 e. The number of benzene rings is 1. The number of nitrogens with zero attached hydrogens (tertiary/aromatic N) is 1. The molecule has 1 atom stereocenters. The van der Waals surface area contributed by atoms with Crippen LogP contribution in [0.4, 0.5) is 0 Å². The predicted octanol–water partition coefficient (Wildman–Crippen LogP) is 3.11. The molecule has 0 spiro atoms. The molecular formula is C17H23ClN2O4.